The first kappa shape index (κ1) is 18.1. The molecule has 1 aromatic heterocycles. The molecule has 0 unspecified atom stereocenters. The summed E-state index contributed by atoms with van der Waals surface area (Å²) < 4.78 is 16.0. The predicted molar refractivity (Wildman–Crippen MR) is 100 cm³/mol. The van der Waals surface area contributed by atoms with Crippen molar-refractivity contribution in [2.45, 2.75) is 31.1 Å². The summed E-state index contributed by atoms with van der Waals surface area (Å²) in [6, 6.07) is 9.66. The highest BCUT2D eigenvalue weighted by atomic mass is 16.5. The maximum Gasteiger partial charge on any atom is 0.244 e. The Kier molecular flexibility index (Phi) is 5.66. The normalized spacial score (nSPS) is 15.9. The van der Waals surface area contributed by atoms with Gasteiger partial charge in [0.2, 0.25) is 5.91 Å². The summed E-state index contributed by atoms with van der Waals surface area (Å²) in [5.41, 5.74) is 1.12. The number of hydrogen-bond acceptors (Lipinski definition) is 4. The molecule has 1 aliphatic rings. The van der Waals surface area contributed by atoms with Crippen molar-refractivity contribution in [3.05, 3.63) is 54.0 Å². The molecular formula is C21H25NO4. The predicted octanol–water partition coefficient (Wildman–Crippen LogP) is 3.94. The molecule has 0 bridgehead atoms. The standard InChI is InChI=1S/C21H25NO4/c1-24-18-9-7-16(14-19(18)25-2)21(11-3-4-12-21)15-22-20(23)10-8-17-6-5-13-26-17/h5-10,13-14H,3-4,11-12,15H2,1-2H3,(H,22,23). The van der Waals surface area contributed by atoms with E-state index < -0.39 is 0 Å². The minimum Gasteiger partial charge on any atom is -0.493 e. The van der Waals surface area contributed by atoms with Gasteiger partial charge in [-0.2, -0.15) is 0 Å². The largest absolute Gasteiger partial charge is 0.493 e. The van der Waals surface area contributed by atoms with Gasteiger partial charge in [0.05, 0.1) is 20.5 Å². The number of carbonyl (C=O) groups excluding carboxylic acids is 1. The summed E-state index contributed by atoms with van der Waals surface area (Å²) >= 11 is 0. The number of methoxy groups -OCH3 is 2. The van der Waals surface area contributed by atoms with E-state index >= 15 is 0 Å². The third-order valence-corrected chi connectivity index (χ3v) is 5.10. The number of hydrogen-bond donors (Lipinski definition) is 1. The van der Waals surface area contributed by atoms with E-state index in [-0.39, 0.29) is 11.3 Å². The van der Waals surface area contributed by atoms with Crippen molar-refractivity contribution in [2.75, 3.05) is 20.8 Å². The molecule has 1 amide bonds. The van der Waals surface area contributed by atoms with Gasteiger partial charge in [0.1, 0.15) is 5.76 Å². The van der Waals surface area contributed by atoms with Crippen molar-refractivity contribution in [3.8, 4) is 11.5 Å². The third-order valence-electron chi connectivity index (χ3n) is 5.10. The second kappa shape index (κ2) is 8.13. The minimum absolute atomic E-state index is 0.0618. The van der Waals surface area contributed by atoms with Crippen LogP contribution < -0.4 is 14.8 Å². The van der Waals surface area contributed by atoms with Gasteiger partial charge >= 0.3 is 0 Å². The first-order chi connectivity index (χ1) is 12.7. The van der Waals surface area contributed by atoms with Gasteiger partial charge in [0.25, 0.3) is 0 Å². The molecule has 0 aliphatic heterocycles. The Balaban J connectivity index is 1.73. The molecule has 0 radical (unpaired) electrons. The lowest BCUT2D eigenvalue weighted by molar-refractivity contribution is -0.116. The van der Waals surface area contributed by atoms with Gasteiger partial charge in [-0.1, -0.05) is 18.9 Å². The lowest BCUT2D eigenvalue weighted by Gasteiger charge is -2.30. The number of nitrogens with one attached hydrogen (secondary N) is 1. The molecule has 2 aromatic rings. The molecule has 0 spiro atoms. The summed E-state index contributed by atoms with van der Waals surface area (Å²) in [7, 11) is 3.28. The summed E-state index contributed by atoms with van der Waals surface area (Å²) in [5, 5.41) is 3.05. The smallest absolute Gasteiger partial charge is 0.244 e. The number of furan rings is 1. The second-order valence-corrected chi connectivity index (χ2v) is 6.62. The fraction of sp³-hybridized carbons (Fsp3) is 0.381. The van der Waals surface area contributed by atoms with Crippen LogP contribution in [0.5, 0.6) is 11.5 Å². The van der Waals surface area contributed by atoms with Crippen LogP contribution in [0.15, 0.2) is 47.1 Å². The molecule has 26 heavy (non-hydrogen) atoms. The summed E-state index contributed by atoms with van der Waals surface area (Å²) in [5.74, 6) is 1.99. The lowest BCUT2D eigenvalue weighted by atomic mass is 9.78. The van der Waals surface area contributed by atoms with E-state index in [1.165, 1.54) is 11.6 Å². The van der Waals surface area contributed by atoms with Gasteiger partial charge in [-0.15, -0.1) is 0 Å². The Morgan fingerprint density at radius 2 is 1.96 bits per heavy atom. The molecule has 1 fully saturated rings. The van der Waals surface area contributed by atoms with E-state index in [2.05, 4.69) is 11.4 Å². The topological polar surface area (TPSA) is 60.7 Å². The monoisotopic (exact) mass is 355 g/mol. The molecule has 1 N–H and O–H groups in total. The molecule has 3 rings (SSSR count). The number of amides is 1. The van der Waals surface area contributed by atoms with Crippen molar-refractivity contribution < 1.29 is 18.7 Å². The summed E-state index contributed by atoms with van der Waals surface area (Å²) in [6.07, 6.45) is 9.18. The van der Waals surface area contributed by atoms with Gasteiger partial charge in [-0.25, -0.2) is 0 Å². The summed E-state index contributed by atoms with van der Waals surface area (Å²) in [4.78, 5) is 12.2. The lowest BCUT2D eigenvalue weighted by Crippen LogP contribution is -2.38. The Bertz CT molecular complexity index is 758. The van der Waals surface area contributed by atoms with E-state index in [0.29, 0.717) is 12.3 Å². The van der Waals surface area contributed by atoms with Crippen molar-refractivity contribution in [1.82, 2.24) is 5.32 Å². The van der Waals surface area contributed by atoms with Crippen LogP contribution in [-0.4, -0.2) is 26.7 Å². The average molecular weight is 355 g/mol. The van der Waals surface area contributed by atoms with Crippen LogP contribution in [-0.2, 0) is 10.2 Å². The highest BCUT2D eigenvalue weighted by molar-refractivity contribution is 5.91. The van der Waals surface area contributed by atoms with Gasteiger partial charge in [0, 0.05) is 18.0 Å². The van der Waals surface area contributed by atoms with Gasteiger partial charge < -0.3 is 19.2 Å². The zero-order valence-electron chi connectivity index (χ0n) is 15.3. The van der Waals surface area contributed by atoms with Crippen LogP contribution in [0.2, 0.25) is 0 Å². The van der Waals surface area contributed by atoms with Gasteiger partial charge in [-0.3, -0.25) is 4.79 Å². The Morgan fingerprint density at radius 1 is 1.19 bits per heavy atom. The highest BCUT2D eigenvalue weighted by Crippen LogP contribution is 2.43. The molecule has 5 heteroatoms. The van der Waals surface area contributed by atoms with Crippen molar-refractivity contribution in [3.63, 3.8) is 0 Å². The zero-order chi connectivity index (χ0) is 18.4. The number of ether oxygens (including phenoxy) is 2. The van der Waals surface area contributed by atoms with Crippen molar-refractivity contribution in [2.24, 2.45) is 0 Å². The van der Waals surface area contributed by atoms with E-state index in [1.54, 1.807) is 32.6 Å². The molecule has 0 atom stereocenters. The average Bonchev–Trinajstić information content (AvgIpc) is 3.36. The molecule has 1 heterocycles. The third kappa shape index (κ3) is 3.93. The summed E-state index contributed by atoms with van der Waals surface area (Å²) in [6.45, 7) is 0.601. The fourth-order valence-electron chi connectivity index (χ4n) is 3.64. The molecule has 0 saturated heterocycles. The SMILES string of the molecule is COc1ccc(C2(CNC(=O)C=Cc3ccco3)CCCC2)cc1OC. The van der Waals surface area contributed by atoms with Crippen LogP contribution in [0.25, 0.3) is 6.08 Å². The van der Waals surface area contributed by atoms with E-state index in [1.807, 2.05) is 18.2 Å². The van der Waals surface area contributed by atoms with Crippen LogP contribution in [0.3, 0.4) is 0 Å². The minimum atomic E-state index is -0.117. The van der Waals surface area contributed by atoms with Crippen molar-refractivity contribution in [1.29, 1.82) is 0 Å². The quantitative estimate of drug-likeness (QED) is 0.764. The first-order valence-electron chi connectivity index (χ1n) is 8.89. The number of carbonyl (C=O) groups is 1. The first-order valence-corrected chi connectivity index (χ1v) is 8.89. The van der Waals surface area contributed by atoms with Crippen LogP contribution in [0.4, 0.5) is 0 Å². The molecule has 1 aliphatic carbocycles. The number of benzene rings is 1. The Labute approximate surface area is 154 Å². The zero-order valence-corrected chi connectivity index (χ0v) is 15.3. The van der Waals surface area contributed by atoms with Crippen LogP contribution >= 0.6 is 0 Å². The van der Waals surface area contributed by atoms with E-state index in [9.17, 15) is 4.79 Å². The molecule has 5 nitrogen and oxygen atoms in total. The van der Waals surface area contributed by atoms with E-state index in [4.69, 9.17) is 13.9 Å². The molecule has 1 saturated carbocycles. The number of rotatable bonds is 7. The van der Waals surface area contributed by atoms with Crippen LogP contribution in [0, 0.1) is 0 Å². The van der Waals surface area contributed by atoms with Gasteiger partial charge in [-0.05, 0) is 48.7 Å². The highest BCUT2D eigenvalue weighted by Gasteiger charge is 2.36. The maximum atomic E-state index is 12.2. The fourth-order valence-corrected chi connectivity index (χ4v) is 3.64. The Morgan fingerprint density at radius 3 is 2.62 bits per heavy atom. The Hall–Kier alpha value is -2.69. The van der Waals surface area contributed by atoms with Crippen molar-refractivity contribution >= 4 is 12.0 Å². The van der Waals surface area contributed by atoms with Crippen LogP contribution in [0.1, 0.15) is 37.0 Å². The molecular weight excluding hydrogens is 330 g/mol. The molecule has 1 aromatic carbocycles. The van der Waals surface area contributed by atoms with Gasteiger partial charge in [0.15, 0.2) is 11.5 Å². The second-order valence-electron chi connectivity index (χ2n) is 6.62. The maximum absolute atomic E-state index is 12.2. The van der Waals surface area contributed by atoms with E-state index in [0.717, 1.165) is 37.2 Å². The molecule has 138 valence electrons.